The number of benzene rings is 4. The fourth-order valence-electron chi connectivity index (χ4n) is 4.11. The highest BCUT2D eigenvalue weighted by atomic mass is 32.2. The number of alkyl halides is 3. The van der Waals surface area contributed by atoms with E-state index < -0.39 is 46.8 Å². The Morgan fingerprint density at radius 3 is 1.80 bits per heavy atom. The van der Waals surface area contributed by atoms with E-state index in [0.717, 1.165) is 26.8 Å². The van der Waals surface area contributed by atoms with E-state index in [1.807, 2.05) is 60.7 Å². The van der Waals surface area contributed by atoms with Gasteiger partial charge in [0.05, 0.1) is 18.2 Å². The van der Waals surface area contributed by atoms with Gasteiger partial charge < -0.3 is 14.2 Å². The standard InChI is InChI=1S/C32H28F3O5S/c1-31(2,23-15-17-24(18-16-23)32(33,34)35)40-29(36)21-39-30(37)22-14-19-27(38-3)28(20-22)41(25-10-6-4-7-11-25)26-12-8-5-9-13-26/h4-20H,21H2,1-3H3/q+1. The molecule has 9 heteroatoms. The second-order valence-electron chi connectivity index (χ2n) is 9.43. The molecule has 212 valence electrons. The average Bonchev–Trinajstić information content (AvgIpc) is 2.96. The molecule has 0 aromatic heterocycles. The predicted octanol–water partition coefficient (Wildman–Crippen LogP) is 7.44. The van der Waals surface area contributed by atoms with Crippen molar-refractivity contribution in [2.75, 3.05) is 13.7 Å². The summed E-state index contributed by atoms with van der Waals surface area (Å²) in [4.78, 5) is 28.3. The van der Waals surface area contributed by atoms with Crippen molar-refractivity contribution in [3.05, 3.63) is 120 Å². The van der Waals surface area contributed by atoms with Crippen LogP contribution in [0.4, 0.5) is 13.2 Å². The van der Waals surface area contributed by atoms with Crippen LogP contribution >= 0.6 is 0 Å². The Morgan fingerprint density at radius 2 is 1.29 bits per heavy atom. The lowest BCUT2D eigenvalue weighted by atomic mass is 9.97. The molecule has 0 unspecified atom stereocenters. The molecular formula is C32H28F3O5S+. The molecule has 4 aromatic rings. The van der Waals surface area contributed by atoms with Gasteiger partial charge in [-0.3, -0.25) is 0 Å². The van der Waals surface area contributed by atoms with Crippen molar-refractivity contribution in [3.63, 3.8) is 0 Å². The van der Waals surface area contributed by atoms with Gasteiger partial charge in [0.25, 0.3) is 0 Å². The summed E-state index contributed by atoms with van der Waals surface area (Å²) in [5.74, 6) is -0.983. The Hall–Kier alpha value is -4.24. The molecule has 0 aliphatic heterocycles. The highest BCUT2D eigenvalue weighted by molar-refractivity contribution is 7.97. The van der Waals surface area contributed by atoms with Crippen LogP contribution in [0.3, 0.4) is 0 Å². The van der Waals surface area contributed by atoms with Crippen LogP contribution in [0.15, 0.2) is 118 Å². The number of esters is 2. The highest BCUT2D eigenvalue weighted by Crippen LogP contribution is 2.37. The third-order valence-electron chi connectivity index (χ3n) is 6.17. The Labute approximate surface area is 239 Å². The van der Waals surface area contributed by atoms with Gasteiger partial charge in [-0.2, -0.15) is 13.2 Å². The third-order valence-corrected chi connectivity index (χ3v) is 8.42. The normalized spacial score (nSPS) is 11.7. The first-order valence-electron chi connectivity index (χ1n) is 12.6. The molecule has 0 saturated heterocycles. The molecule has 0 aliphatic carbocycles. The summed E-state index contributed by atoms with van der Waals surface area (Å²) in [6.45, 7) is 2.41. The van der Waals surface area contributed by atoms with E-state index >= 15 is 0 Å². The molecule has 0 spiro atoms. The maximum Gasteiger partial charge on any atom is 0.416 e. The first-order chi connectivity index (χ1) is 19.5. The maximum absolute atomic E-state index is 13.0. The molecular weight excluding hydrogens is 553 g/mol. The lowest BCUT2D eigenvalue weighted by Gasteiger charge is -2.26. The van der Waals surface area contributed by atoms with Gasteiger partial charge >= 0.3 is 18.1 Å². The van der Waals surface area contributed by atoms with Crippen molar-refractivity contribution < 1.29 is 37.0 Å². The molecule has 41 heavy (non-hydrogen) atoms. The lowest BCUT2D eigenvalue weighted by Crippen LogP contribution is -2.28. The van der Waals surface area contributed by atoms with Gasteiger partial charge in [-0.15, -0.1) is 0 Å². The topological polar surface area (TPSA) is 61.8 Å². The monoisotopic (exact) mass is 581 g/mol. The van der Waals surface area contributed by atoms with E-state index in [4.69, 9.17) is 14.2 Å². The minimum absolute atomic E-state index is 0.222. The van der Waals surface area contributed by atoms with Crippen LogP contribution in [0.25, 0.3) is 0 Å². The summed E-state index contributed by atoms with van der Waals surface area (Å²) in [7, 11) is 0.956. The van der Waals surface area contributed by atoms with Gasteiger partial charge in [0.1, 0.15) is 16.5 Å². The van der Waals surface area contributed by atoms with Crippen molar-refractivity contribution in [3.8, 4) is 5.75 Å². The summed E-state index contributed by atoms with van der Waals surface area (Å²) in [5, 5.41) is 0. The largest absolute Gasteiger partial charge is 0.491 e. The molecule has 0 bridgehead atoms. The molecule has 0 N–H and O–H groups in total. The fourth-order valence-corrected chi connectivity index (χ4v) is 6.34. The molecule has 0 aliphatic rings. The van der Waals surface area contributed by atoms with Crippen molar-refractivity contribution in [1.82, 2.24) is 0 Å². The van der Waals surface area contributed by atoms with Crippen molar-refractivity contribution in [2.45, 2.75) is 40.3 Å². The van der Waals surface area contributed by atoms with Crippen LogP contribution in [0.1, 0.15) is 35.3 Å². The third kappa shape index (κ3) is 7.29. The van der Waals surface area contributed by atoms with E-state index in [0.29, 0.717) is 11.3 Å². The minimum Gasteiger partial charge on any atom is -0.491 e. The Balaban J connectivity index is 1.50. The van der Waals surface area contributed by atoms with E-state index in [2.05, 4.69) is 0 Å². The summed E-state index contributed by atoms with van der Waals surface area (Å²) in [6, 6.07) is 28.9. The van der Waals surface area contributed by atoms with Gasteiger partial charge in [0, 0.05) is 6.07 Å². The second kappa shape index (κ2) is 12.5. The molecule has 0 saturated carbocycles. The molecule has 0 amide bonds. The van der Waals surface area contributed by atoms with Crippen molar-refractivity contribution >= 4 is 22.8 Å². The van der Waals surface area contributed by atoms with Crippen LogP contribution < -0.4 is 4.74 Å². The van der Waals surface area contributed by atoms with Crippen LogP contribution in [0.5, 0.6) is 5.75 Å². The van der Waals surface area contributed by atoms with Gasteiger partial charge in [-0.05, 0) is 67.9 Å². The molecule has 0 radical (unpaired) electrons. The number of halogens is 3. The Bertz CT molecular complexity index is 1450. The number of carbonyl (C=O) groups is 2. The predicted molar refractivity (Wildman–Crippen MR) is 149 cm³/mol. The second-order valence-corrected chi connectivity index (χ2v) is 11.4. The first kappa shape index (κ1) is 29.7. The zero-order valence-electron chi connectivity index (χ0n) is 22.6. The number of hydrogen-bond donors (Lipinski definition) is 0. The van der Waals surface area contributed by atoms with E-state index in [1.165, 1.54) is 12.1 Å². The summed E-state index contributed by atoms with van der Waals surface area (Å²) in [6.07, 6.45) is -4.47. The minimum atomic E-state index is -4.47. The van der Waals surface area contributed by atoms with Crippen molar-refractivity contribution in [2.24, 2.45) is 0 Å². The van der Waals surface area contributed by atoms with Gasteiger partial charge in [-0.1, -0.05) is 48.5 Å². The molecule has 0 fully saturated rings. The first-order valence-corrected chi connectivity index (χ1v) is 13.8. The van der Waals surface area contributed by atoms with Crippen LogP contribution in [-0.2, 0) is 36.9 Å². The highest BCUT2D eigenvalue weighted by Gasteiger charge is 2.34. The van der Waals surface area contributed by atoms with E-state index in [1.54, 1.807) is 39.2 Å². The molecule has 0 atom stereocenters. The zero-order valence-corrected chi connectivity index (χ0v) is 23.4. The van der Waals surface area contributed by atoms with Gasteiger partial charge in [0.15, 0.2) is 22.1 Å². The van der Waals surface area contributed by atoms with Crippen molar-refractivity contribution in [1.29, 1.82) is 0 Å². The number of ether oxygens (including phenoxy) is 3. The van der Waals surface area contributed by atoms with E-state index in [-0.39, 0.29) is 5.56 Å². The van der Waals surface area contributed by atoms with Gasteiger partial charge in [0.2, 0.25) is 4.90 Å². The van der Waals surface area contributed by atoms with Crippen LogP contribution in [-0.4, -0.2) is 25.7 Å². The van der Waals surface area contributed by atoms with E-state index in [9.17, 15) is 22.8 Å². The zero-order chi connectivity index (χ0) is 29.6. The summed E-state index contributed by atoms with van der Waals surface area (Å²) < 4.78 is 55.0. The average molecular weight is 582 g/mol. The molecule has 0 heterocycles. The number of hydrogen-bond acceptors (Lipinski definition) is 5. The quantitative estimate of drug-likeness (QED) is 0.152. The summed E-state index contributed by atoms with van der Waals surface area (Å²) >= 11 is 0. The van der Waals surface area contributed by atoms with Crippen LogP contribution in [0.2, 0.25) is 0 Å². The van der Waals surface area contributed by atoms with Crippen LogP contribution in [0, 0.1) is 0 Å². The molecule has 4 rings (SSSR count). The molecule has 5 nitrogen and oxygen atoms in total. The van der Waals surface area contributed by atoms with Gasteiger partial charge in [-0.25, -0.2) is 9.59 Å². The Morgan fingerprint density at radius 1 is 0.756 bits per heavy atom. The smallest absolute Gasteiger partial charge is 0.416 e. The number of carbonyl (C=O) groups excluding carboxylic acids is 2. The fraction of sp³-hybridized carbons (Fsp3) is 0.188. The number of rotatable bonds is 9. The SMILES string of the molecule is COc1ccc(C(=O)OCC(=O)OC(C)(C)c2ccc(C(F)(F)F)cc2)cc1[S+](c1ccccc1)c1ccccc1. The Kier molecular flexibility index (Phi) is 9.08. The number of methoxy groups -OCH3 is 1. The lowest BCUT2D eigenvalue weighted by molar-refractivity contribution is -0.161. The summed E-state index contributed by atoms with van der Waals surface area (Å²) in [5.41, 5.74) is -1.47. The molecule has 4 aromatic carbocycles. The maximum atomic E-state index is 13.0.